The highest BCUT2D eigenvalue weighted by molar-refractivity contribution is 6.26. The number of benzene rings is 2. The third-order valence-electron chi connectivity index (χ3n) is 4.27. The van der Waals surface area contributed by atoms with Crippen LogP contribution in [0.3, 0.4) is 0 Å². The Kier molecular flexibility index (Phi) is 2.30. The van der Waals surface area contributed by atoms with Crippen LogP contribution in [0.4, 0.5) is 0 Å². The summed E-state index contributed by atoms with van der Waals surface area (Å²) in [6.07, 6.45) is 0. The number of aryl methyl sites for hydroxylation is 1. The molecule has 3 rings (SSSR count). The van der Waals surface area contributed by atoms with E-state index in [1.807, 2.05) is 32.9 Å². The number of amides is 2. The standard InChI is InChI=1S/C16H15NO2/c1-8-9(2)11-6-5-7-12-14(11)13(10(8)3)16(19)17(4)15(12)18/h5-7H,1-4H3. The predicted octanol–water partition coefficient (Wildman–Crippen LogP) is 2.99. The average molecular weight is 253 g/mol. The molecule has 0 N–H and O–H groups in total. The van der Waals surface area contributed by atoms with Crippen molar-refractivity contribution in [2.24, 2.45) is 0 Å². The molecule has 3 heteroatoms. The summed E-state index contributed by atoms with van der Waals surface area (Å²) in [7, 11) is 1.54. The molecule has 1 aliphatic rings. The van der Waals surface area contributed by atoms with Crippen LogP contribution >= 0.6 is 0 Å². The molecule has 3 nitrogen and oxygen atoms in total. The van der Waals surface area contributed by atoms with E-state index < -0.39 is 0 Å². The van der Waals surface area contributed by atoms with Gasteiger partial charge in [-0.3, -0.25) is 14.5 Å². The Labute approximate surface area is 111 Å². The molecule has 2 aromatic rings. The van der Waals surface area contributed by atoms with Crippen LogP contribution < -0.4 is 0 Å². The SMILES string of the molecule is Cc1c(C)c2c3c(cccc3c1C)C(=O)N(C)C2=O. The van der Waals surface area contributed by atoms with Gasteiger partial charge in [0.2, 0.25) is 0 Å². The summed E-state index contributed by atoms with van der Waals surface area (Å²) in [6.45, 7) is 6.02. The highest BCUT2D eigenvalue weighted by Crippen LogP contribution is 2.35. The van der Waals surface area contributed by atoms with Crippen molar-refractivity contribution in [1.29, 1.82) is 0 Å². The quantitative estimate of drug-likeness (QED) is 0.677. The van der Waals surface area contributed by atoms with E-state index in [4.69, 9.17) is 0 Å². The molecule has 19 heavy (non-hydrogen) atoms. The lowest BCUT2D eigenvalue weighted by atomic mass is 9.86. The van der Waals surface area contributed by atoms with Gasteiger partial charge >= 0.3 is 0 Å². The van der Waals surface area contributed by atoms with Crippen LogP contribution in [0.15, 0.2) is 18.2 Å². The van der Waals surface area contributed by atoms with Crippen LogP contribution in [0, 0.1) is 20.8 Å². The fourth-order valence-corrected chi connectivity index (χ4v) is 2.88. The third kappa shape index (κ3) is 1.33. The lowest BCUT2D eigenvalue weighted by molar-refractivity contribution is 0.0650. The molecule has 0 saturated carbocycles. The van der Waals surface area contributed by atoms with Gasteiger partial charge in [-0.1, -0.05) is 12.1 Å². The van der Waals surface area contributed by atoms with Gasteiger partial charge in [0.05, 0.1) is 5.56 Å². The van der Waals surface area contributed by atoms with Gasteiger partial charge in [-0.2, -0.15) is 0 Å². The first-order valence-electron chi connectivity index (χ1n) is 6.30. The van der Waals surface area contributed by atoms with Crippen molar-refractivity contribution in [2.45, 2.75) is 20.8 Å². The van der Waals surface area contributed by atoms with Crippen molar-refractivity contribution in [3.63, 3.8) is 0 Å². The van der Waals surface area contributed by atoms with Gasteiger partial charge < -0.3 is 0 Å². The second kappa shape index (κ2) is 3.67. The van der Waals surface area contributed by atoms with Crippen molar-refractivity contribution in [1.82, 2.24) is 4.90 Å². The van der Waals surface area contributed by atoms with Gasteiger partial charge in [0.15, 0.2) is 0 Å². The fourth-order valence-electron chi connectivity index (χ4n) is 2.88. The number of hydrogen-bond acceptors (Lipinski definition) is 2. The molecule has 0 bridgehead atoms. The first-order valence-corrected chi connectivity index (χ1v) is 6.30. The highest BCUT2D eigenvalue weighted by atomic mass is 16.2. The molecule has 2 amide bonds. The van der Waals surface area contributed by atoms with Gasteiger partial charge in [0.25, 0.3) is 11.8 Å². The second-order valence-corrected chi connectivity index (χ2v) is 5.15. The van der Waals surface area contributed by atoms with Gasteiger partial charge in [-0.15, -0.1) is 0 Å². The summed E-state index contributed by atoms with van der Waals surface area (Å²) >= 11 is 0. The predicted molar refractivity (Wildman–Crippen MR) is 74.6 cm³/mol. The molecule has 0 aromatic heterocycles. The minimum Gasteiger partial charge on any atom is -0.277 e. The maximum absolute atomic E-state index is 12.4. The van der Waals surface area contributed by atoms with Gasteiger partial charge in [0.1, 0.15) is 0 Å². The van der Waals surface area contributed by atoms with E-state index in [-0.39, 0.29) is 11.8 Å². The van der Waals surface area contributed by atoms with E-state index in [9.17, 15) is 9.59 Å². The molecule has 2 aromatic carbocycles. The molecule has 0 fully saturated rings. The maximum Gasteiger partial charge on any atom is 0.261 e. The Hall–Kier alpha value is -2.16. The van der Waals surface area contributed by atoms with Crippen molar-refractivity contribution in [3.8, 4) is 0 Å². The molecular weight excluding hydrogens is 238 g/mol. The van der Waals surface area contributed by atoms with Crippen LogP contribution in [0.5, 0.6) is 0 Å². The lowest BCUT2D eigenvalue weighted by Crippen LogP contribution is -2.37. The summed E-state index contributed by atoms with van der Waals surface area (Å²) in [5, 5.41) is 1.82. The topological polar surface area (TPSA) is 37.4 Å². The lowest BCUT2D eigenvalue weighted by Gasteiger charge is -2.27. The summed E-state index contributed by atoms with van der Waals surface area (Å²) in [5.41, 5.74) is 4.54. The van der Waals surface area contributed by atoms with Crippen LogP contribution in [0.25, 0.3) is 10.8 Å². The van der Waals surface area contributed by atoms with Gasteiger partial charge in [0, 0.05) is 18.0 Å². The van der Waals surface area contributed by atoms with Crippen molar-refractivity contribution < 1.29 is 9.59 Å². The molecule has 0 aliphatic carbocycles. The Bertz CT molecular complexity index is 759. The molecule has 1 aliphatic heterocycles. The van der Waals surface area contributed by atoms with Crippen LogP contribution in [-0.2, 0) is 0 Å². The van der Waals surface area contributed by atoms with Crippen LogP contribution in [0.1, 0.15) is 37.4 Å². The molecule has 96 valence electrons. The van der Waals surface area contributed by atoms with Gasteiger partial charge in [-0.05, 0) is 48.9 Å². The zero-order valence-corrected chi connectivity index (χ0v) is 11.5. The normalized spacial score (nSPS) is 14.4. The van der Waals surface area contributed by atoms with Crippen LogP contribution in [0.2, 0.25) is 0 Å². The van der Waals surface area contributed by atoms with Crippen LogP contribution in [-0.4, -0.2) is 23.8 Å². The number of rotatable bonds is 0. The Morgan fingerprint density at radius 1 is 0.895 bits per heavy atom. The first kappa shape index (κ1) is 11.9. The number of imide groups is 1. The van der Waals surface area contributed by atoms with Crippen molar-refractivity contribution >= 4 is 22.6 Å². The minimum absolute atomic E-state index is 0.200. The molecule has 0 atom stereocenters. The largest absolute Gasteiger partial charge is 0.277 e. The monoisotopic (exact) mass is 253 g/mol. The maximum atomic E-state index is 12.4. The zero-order chi connectivity index (χ0) is 13.9. The van der Waals surface area contributed by atoms with E-state index in [1.54, 1.807) is 13.1 Å². The first-order chi connectivity index (χ1) is 8.95. The van der Waals surface area contributed by atoms with E-state index in [1.165, 1.54) is 4.90 Å². The number of nitrogens with zero attached hydrogens (tertiary/aromatic N) is 1. The summed E-state index contributed by atoms with van der Waals surface area (Å²) < 4.78 is 0. The molecule has 0 spiro atoms. The summed E-state index contributed by atoms with van der Waals surface area (Å²) in [6, 6.07) is 5.66. The molecular formula is C16H15NO2. The molecule has 0 radical (unpaired) electrons. The molecule has 0 saturated heterocycles. The zero-order valence-electron chi connectivity index (χ0n) is 11.5. The van der Waals surface area contributed by atoms with Crippen molar-refractivity contribution in [2.75, 3.05) is 7.05 Å². The average Bonchev–Trinajstić information content (AvgIpc) is 2.41. The van der Waals surface area contributed by atoms with E-state index >= 15 is 0 Å². The van der Waals surface area contributed by atoms with E-state index in [2.05, 4.69) is 0 Å². The highest BCUT2D eigenvalue weighted by Gasteiger charge is 2.32. The Morgan fingerprint density at radius 3 is 2.26 bits per heavy atom. The fraction of sp³-hybridized carbons (Fsp3) is 0.250. The number of hydrogen-bond donors (Lipinski definition) is 0. The number of carbonyl (C=O) groups excluding carboxylic acids is 2. The smallest absolute Gasteiger partial charge is 0.261 e. The Morgan fingerprint density at radius 2 is 1.58 bits per heavy atom. The summed E-state index contributed by atoms with van der Waals surface area (Å²) in [4.78, 5) is 25.8. The molecule has 0 unspecified atom stereocenters. The molecule has 1 heterocycles. The van der Waals surface area contributed by atoms with Crippen molar-refractivity contribution in [3.05, 3.63) is 46.0 Å². The summed E-state index contributed by atoms with van der Waals surface area (Å²) in [5.74, 6) is -0.417. The second-order valence-electron chi connectivity index (χ2n) is 5.15. The third-order valence-corrected chi connectivity index (χ3v) is 4.27. The Balaban J connectivity index is 2.63. The van der Waals surface area contributed by atoms with E-state index in [0.717, 1.165) is 27.5 Å². The minimum atomic E-state index is -0.217. The van der Waals surface area contributed by atoms with Gasteiger partial charge in [-0.25, -0.2) is 0 Å². The number of carbonyl (C=O) groups is 2. The van der Waals surface area contributed by atoms with E-state index in [0.29, 0.717) is 11.1 Å².